The summed E-state index contributed by atoms with van der Waals surface area (Å²) in [6, 6.07) is 7.74. The third kappa shape index (κ3) is 1.01. The second kappa shape index (κ2) is 2.64. The van der Waals surface area contributed by atoms with Crippen molar-refractivity contribution in [2.45, 2.75) is 0 Å². The molecule has 0 aliphatic carbocycles. The Kier molecular flexibility index (Phi) is 1.62. The van der Waals surface area contributed by atoms with Crippen LogP contribution in [0.1, 0.15) is 0 Å². The van der Waals surface area contributed by atoms with Gasteiger partial charge in [-0.1, -0.05) is 35.9 Å². The van der Waals surface area contributed by atoms with Crippen LogP contribution in [0.15, 0.2) is 30.5 Å². The normalized spacial score (nSPS) is 10.4. The third-order valence-corrected chi connectivity index (χ3v) is 2.16. The Morgan fingerprint density at radius 2 is 2.00 bits per heavy atom. The highest BCUT2D eigenvalue weighted by atomic mass is 35.5. The number of hydrogen-bond acceptors (Lipinski definition) is 2. The van der Waals surface area contributed by atoms with Gasteiger partial charge in [0.15, 0.2) is 0 Å². The van der Waals surface area contributed by atoms with Crippen molar-refractivity contribution in [3.63, 3.8) is 0 Å². The lowest BCUT2D eigenvalue weighted by Crippen LogP contribution is -1.90. The summed E-state index contributed by atoms with van der Waals surface area (Å²) in [5.74, 6) is 0.385. The van der Waals surface area contributed by atoms with Crippen molar-refractivity contribution in [1.29, 1.82) is 0 Å². The fourth-order valence-corrected chi connectivity index (χ4v) is 1.36. The predicted molar refractivity (Wildman–Crippen MR) is 51.2 cm³/mol. The predicted octanol–water partition coefficient (Wildman–Crippen LogP) is 2.47. The number of aromatic nitrogens is 1. The Morgan fingerprint density at radius 3 is 2.83 bits per heavy atom. The van der Waals surface area contributed by atoms with E-state index in [2.05, 4.69) is 4.98 Å². The number of hydrogen-bond donors (Lipinski definition) is 1. The van der Waals surface area contributed by atoms with Gasteiger partial charge in [-0.15, -0.1) is 0 Å². The molecule has 2 nitrogen and oxygen atoms in total. The first-order chi connectivity index (χ1) is 5.79. The molecule has 0 aliphatic heterocycles. The van der Waals surface area contributed by atoms with Crippen LogP contribution in [0.2, 0.25) is 5.02 Å². The monoisotopic (exact) mass is 178 g/mol. The van der Waals surface area contributed by atoms with Crippen LogP contribution in [-0.2, 0) is 0 Å². The maximum Gasteiger partial charge on any atom is 0.142 e. The molecule has 1 heterocycles. The molecule has 60 valence electrons. The molecule has 2 rings (SSSR count). The van der Waals surface area contributed by atoms with E-state index in [9.17, 15) is 0 Å². The fraction of sp³-hybridized carbons (Fsp3) is 0. The summed E-state index contributed by atoms with van der Waals surface area (Å²) in [5, 5.41) is 2.50. The van der Waals surface area contributed by atoms with Crippen molar-refractivity contribution in [3.05, 3.63) is 35.5 Å². The molecule has 0 aliphatic rings. The Balaban J connectivity index is 2.91. The summed E-state index contributed by atoms with van der Waals surface area (Å²) in [5.41, 5.74) is 5.54. The van der Waals surface area contributed by atoms with Crippen LogP contribution in [0.4, 0.5) is 5.82 Å². The van der Waals surface area contributed by atoms with Crippen LogP contribution in [0.5, 0.6) is 0 Å². The van der Waals surface area contributed by atoms with E-state index in [1.807, 2.05) is 24.3 Å². The first-order valence-corrected chi connectivity index (χ1v) is 3.95. The first-order valence-electron chi connectivity index (χ1n) is 3.58. The first kappa shape index (κ1) is 7.37. The molecule has 12 heavy (non-hydrogen) atoms. The average molecular weight is 179 g/mol. The molecule has 2 N–H and O–H groups in total. The number of fused-ring (bicyclic) bond motifs is 1. The molecule has 0 bridgehead atoms. The highest BCUT2D eigenvalue weighted by Gasteiger charge is 2.01. The molecule has 3 heteroatoms. The van der Waals surface area contributed by atoms with Crippen LogP contribution >= 0.6 is 11.6 Å². The van der Waals surface area contributed by atoms with Gasteiger partial charge in [0.2, 0.25) is 0 Å². The summed E-state index contributed by atoms with van der Waals surface area (Å²) >= 11 is 5.94. The number of nitrogens with zero attached hydrogens (tertiary/aromatic N) is 1. The Bertz CT molecular complexity index is 426. The molecule has 0 radical (unpaired) electrons. The lowest BCUT2D eigenvalue weighted by atomic mass is 10.2. The minimum atomic E-state index is 0.385. The lowest BCUT2D eigenvalue weighted by Gasteiger charge is -2.00. The van der Waals surface area contributed by atoms with Crippen molar-refractivity contribution in [3.8, 4) is 0 Å². The number of halogens is 1. The zero-order chi connectivity index (χ0) is 8.55. The summed E-state index contributed by atoms with van der Waals surface area (Å²) in [4.78, 5) is 3.95. The van der Waals surface area contributed by atoms with E-state index in [-0.39, 0.29) is 0 Å². The van der Waals surface area contributed by atoms with E-state index in [0.717, 1.165) is 10.8 Å². The van der Waals surface area contributed by atoms with Gasteiger partial charge in [-0.05, 0) is 0 Å². The Labute approximate surface area is 75.0 Å². The fourth-order valence-electron chi connectivity index (χ4n) is 1.14. The van der Waals surface area contributed by atoms with Crippen LogP contribution in [0, 0.1) is 0 Å². The van der Waals surface area contributed by atoms with Gasteiger partial charge in [0.1, 0.15) is 5.82 Å². The van der Waals surface area contributed by atoms with Crippen LogP contribution in [0.3, 0.4) is 0 Å². The van der Waals surface area contributed by atoms with E-state index in [0.29, 0.717) is 10.8 Å². The Morgan fingerprint density at radius 1 is 1.25 bits per heavy atom. The van der Waals surface area contributed by atoms with E-state index in [1.54, 1.807) is 6.20 Å². The van der Waals surface area contributed by atoms with Gasteiger partial charge in [0.25, 0.3) is 0 Å². The van der Waals surface area contributed by atoms with E-state index >= 15 is 0 Å². The van der Waals surface area contributed by atoms with Gasteiger partial charge in [-0.2, -0.15) is 0 Å². The molecule has 0 saturated carbocycles. The van der Waals surface area contributed by atoms with E-state index in [4.69, 9.17) is 17.3 Å². The maximum absolute atomic E-state index is 5.94. The zero-order valence-corrected chi connectivity index (χ0v) is 7.05. The number of anilines is 1. The average Bonchev–Trinajstić information content (AvgIpc) is 2.12. The van der Waals surface area contributed by atoms with Gasteiger partial charge >= 0.3 is 0 Å². The van der Waals surface area contributed by atoms with Gasteiger partial charge in [-0.3, -0.25) is 0 Å². The topological polar surface area (TPSA) is 38.9 Å². The maximum atomic E-state index is 5.94. The standard InChI is InChI=1S/C9H7ClN2/c10-8-7-4-2-1-3-6(7)5-12-9(8)11/h1-5H,(H2,11,12). The number of nitrogen functional groups attached to an aromatic ring is 1. The van der Waals surface area contributed by atoms with Crippen LogP contribution in [0.25, 0.3) is 10.8 Å². The van der Waals surface area contributed by atoms with Crippen LogP contribution < -0.4 is 5.73 Å². The van der Waals surface area contributed by atoms with E-state index in [1.165, 1.54) is 0 Å². The molecule has 0 fully saturated rings. The van der Waals surface area contributed by atoms with Crippen LogP contribution in [-0.4, -0.2) is 4.98 Å². The third-order valence-electron chi connectivity index (χ3n) is 1.76. The quantitative estimate of drug-likeness (QED) is 0.673. The highest BCUT2D eigenvalue weighted by molar-refractivity contribution is 6.37. The number of benzene rings is 1. The minimum Gasteiger partial charge on any atom is -0.382 e. The van der Waals surface area contributed by atoms with Gasteiger partial charge in [0.05, 0.1) is 5.02 Å². The number of nitrogens with two attached hydrogens (primary N) is 1. The van der Waals surface area contributed by atoms with Crippen molar-refractivity contribution in [1.82, 2.24) is 4.98 Å². The molecule has 0 unspecified atom stereocenters. The number of rotatable bonds is 0. The summed E-state index contributed by atoms with van der Waals surface area (Å²) in [6.45, 7) is 0. The van der Waals surface area contributed by atoms with Gasteiger partial charge < -0.3 is 5.73 Å². The second-order valence-corrected chi connectivity index (χ2v) is 2.92. The molecular formula is C9H7ClN2. The zero-order valence-electron chi connectivity index (χ0n) is 6.29. The molecule has 0 amide bonds. The largest absolute Gasteiger partial charge is 0.382 e. The van der Waals surface area contributed by atoms with Crippen molar-refractivity contribution < 1.29 is 0 Å². The second-order valence-electron chi connectivity index (χ2n) is 2.54. The smallest absolute Gasteiger partial charge is 0.142 e. The molecule has 0 atom stereocenters. The van der Waals surface area contributed by atoms with E-state index < -0.39 is 0 Å². The summed E-state index contributed by atoms with van der Waals surface area (Å²) in [6.07, 6.45) is 1.72. The summed E-state index contributed by atoms with van der Waals surface area (Å²) < 4.78 is 0. The van der Waals surface area contributed by atoms with Crippen molar-refractivity contribution >= 4 is 28.2 Å². The minimum absolute atomic E-state index is 0.385. The van der Waals surface area contributed by atoms with Gasteiger partial charge in [0, 0.05) is 17.0 Å². The molecule has 2 aromatic rings. The summed E-state index contributed by atoms with van der Waals surface area (Å²) in [7, 11) is 0. The Hall–Kier alpha value is -1.28. The SMILES string of the molecule is Nc1ncc2ccccc2c1Cl. The van der Waals surface area contributed by atoms with Crippen molar-refractivity contribution in [2.75, 3.05) is 5.73 Å². The molecule has 0 spiro atoms. The van der Waals surface area contributed by atoms with Crippen molar-refractivity contribution in [2.24, 2.45) is 0 Å². The highest BCUT2D eigenvalue weighted by Crippen LogP contribution is 2.26. The molecule has 1 aromatic carbocycles. The lowest BCUT2D eigenvalue weighted by molar-refractivity contribution is 1.37. The molecule has 0 saturated heterocycles. The molecule has 1 aromatic heterocycles. The number of pyridine rings is 1. The van der Waals surface area contributed by atoms with Gasteiger partial charge in [-0.25, -0.2) is 4.98 Å². The molecular weight excluding hydrogens is 172 g/mol.